The largest absolute Gasteiger partial charge is 0.325 e. The number of carbonyl (C=O) groups excluding carboxylic acids is 1. The number of thioether (sulfide) groups is 1. The topological polar surface area (TPSA) is 45.2 Å². The maximum atomic E-state index is 12.0. The lowest BCUT2D eigenvalue weighted by molar-refractivity contribution is -0.113. The van der Waals surface area contributed by atoms with Crippen molar-refractivity contribution in [2.45, 2.75) is 30.6 Å². The third kappa shape index (κ3) is 5.06. The van der Waals surface area contributed by atoms with Gasteiger partial charge in [0.2, 0.25) is 5.91 Å². The van der Waals surface area contributed by atoms with Gasteiger partial charge in [0.05, 0.1) is 5.75 Å². The molecule has 1 aliphatic heterocycles. The molecule has 0 bridgehead atoms. The summed E-state index contributed by atoms with van der Waals surface area (Å²) in [6.45, 7) is 5.37. The van der Waals surface area contributed by atoms with Crippen LogP contribution < -0.4 is 5.32 Å². The Morgan fingerprint density at radius 3 is 2.70 bits per heavy atom. The summed E-state index contributed by atoms with van der Waals surface area (Å²) in [6.07, 6.45) is 2.62. The second-order valence-electron chi connectivity index (χ2n) is 5.77. The molecule has 1 aromatic heterocycles. The number of aryl methyl sites for hydroxylation is 1. The van der Waals surface area contributed by atoms with Crippen LogP contribution in [0.3, 0.4) is 0 Å². The van der Waals surface area contributed by atoms with Crippen molar-refractivity contribution in [2.24, 2.45) is 0 Å². The third-order valence-corrected chi connectivity index (χ3v) is 5.91. The molecule has 0 saturated carbocycles. The van der Waals surface area contributed by atoms with E-state index in [0.717, 1.165) is 22.3 Å². The lowest BCUT2D eigenvalue weighted by Gasteiger charge is -2.14. The minimum atomic E-state index is 0.00939. The van der Waals surface area contributed by atoms with E-state index in [9.17, 15) is 4.79 Å². The molecular formula is C17H21N3OS2. The summed E-state index contributed by atoms with van der Waals surface area (Å²) in [7, 11) is 0. The number of carbonyl (C=O) groups is 1. The number of hydrogen-bond donors (Lipinski definition) is 1. The molecule has 0 unspecified atom stereocenters. The molecule has 1 aromatic carbocycles. The predicted molar refractivity (Wildman–Crippen MR) is 97.2 cm³/mol. The van der Waals surface area contributed by atoms with Crippen LogP contribution in [-0.2, 0) is 11.3 Å². The zero-order chi connectivity index (χ0) is 16.1. The number of anilines is 1. The zero-order valence-electron chi connectivity index (χ0n) is 13.2. The molecule has 6 heteroatoms. The van der Waals surface area contributed by atoms with Gasteiger partial charge >= 0.3 is 0 Å². The number of rotatable bonds is 6. The first-order valence-corrected chi connectivity index (χ1v) is 9.72. The molecule has 1 N–H and O–H groups in total. The highest BCUT2D eigenvalue weighted by Gasteiger charge is 2.11. The molecular weight excluding hydrogens is 326 g/mol. The quantitative estimate of drug-likeness (QED) is 0.808. The molecule has 3 rings (SSSR count). The molecule has 0 atom stereocenters. The van der Waals surface area contributed by atoms with E-state index in [4.69, 9.17) is 0 Å². The van der Waals surface area contributed by atoms with Gasteiger partial charge in [0.25, 0.3) is 0 Å². The molecule has 1 amide bonds. The fourth-order valence-corrected chi connectivity index (χ4v) is 4.26. The molecule has 4 nitrogen and oxygen atoms in total. The summed E-state index contributed by atoms with van der Waals surface area (Å²) in [5.41, 5.74) is 3.17. The second kappa shape index (κ2) is 7.95. The van der Waals surface area contributed by atoms with E-state index >= 15 is 0 Å². The van der Waals surface area contributed by atoms with Crippen molar-refractivity contribution >= 4 is 34.7 Å². The second-order valence-corrected chi connectivity index (χ2v) is 7.85. The van der Waals surface area contributed by atoms with Crippen LogP contribution in [0.4, 0.5) is 5.69 Å². The lowest BCUT2D eigenvalue weighted by Crippen LogP contribution is -2.18. The van der Waals surface area contributed by atoms with E-state index in [1.807, 2.05) is 24.4 Å². The van der Waals surface area contributed by atoms with Crippen LogP contribution in [0.1, 0.15) is 24.1 Å². The summed E-state index contributed by atoms with van der Waals surface area (Å²) in [5, 5.41) is 4.94. The van der Waals surface area contributed by atoms with Gasteiger partial charge in [-0.2, -0.15) is 0 Å². The number of hydrogen-bond acceptors (Lipinski definition) is 5. The molecule has 0 aliphatic carbocycles. The van der Waals surface area contributed by atoms with Crippen LogP contribution in [0.25, 0.3) is 0 Å². The van der Waals surface area contributed by atoms with Crippen molar-refractivity contribution in [3.63, 3.8) is 0 Å². The molecule has 1 saturated heterocycles. The van der Waals surface area contributed by atoms with Crippen molar-refractivity contribution < 1.29 is 4.79 Å². The molecule has 2 heterocycles. The number of nitrogens with zero attached hydrogens (tertiary/aromatic N) is 2. The van der Waals surface area contributed by atoms with E-state index in [0.29, 0.717) is 5.75 Å². The van der Waals surface area contributed by atoms with Crippen molar-refractivity contribution in [1.29, 1.82) is 0 Å². The highest BCUT2D eigenvalue weighted by molar-refractivity contribution is 8.01. The first kappa shape index (κ1) is 16.5. The summed E-state index contributed by atoms with van der Waals surface area (Å²) in [4.78, 5) is 18.8. The van der Waals surface area contributed by atoms with Crippen molar-refractivity contribution in [3.05, 3.63) is 40.9 Å². The predicted octanol–water partition coefficient (Wildman–Crippen LogP) is 3.78. The zero-order valence-corrected chi connectivity index (χ0v) is 14.9. The Morgan fingerprint density at radius 1 is 1.30 bits per heavy atom. The van der Waals surface area contributed by atoms with Crippen molar-refractivity contribution in [2.75, 3.05) is 24.2 Å². The number of aromatic nitrogens is 1. The van der Waals surface area contributed by atoms with Crippen LogP contribution in [0.2, 0.25) is 0 Å². The van der Waals surface area contributed by atoms with Crippen molar-refractivity contribution in [1.82, 2.24) is 9.88 Å². The fraction of sp³-hybridized carbons (Fsp3) is 0.412. The number of likely N-dealkylation sites (tertiary alicyclic amines) is 1. The molecule has 0 radical (unpaired) electrons. The van der Waals surface area contributed by atoms with E-state index in [1.165, 1.54) is 43.3 Å². The highest BCUT2D eigenvalue weighted by atomic mass is 32.2. The maximum absolute atomic E-state index is 12.0. The minimum absolute atomic E-state index is 0.00939. The molecule has 0 spiro atoms. The van der Waals surface area contributed by atoms with E-state index in [1.54, 1.807) is 11.3 Å². The van der Waals surface area contributed by atoms with Gasteiger partial charge in [-0.3, -0.25) is 9.69 Å². The minimum Gasteiger partial charge on any atom is -0.325 e. The SMILES string of the molecule is Cc1csc(SCC(=O)Nc2ccc(CN3CCCC3)cc2)n1. The summed E-state index contributed by atoms with van der Waals surface area (Å²) >= 11 is 3.06. The van der Waals surface area contributed by atoms with Crippen LogP contribution in [0, 0.1) is 6.92 Å². The summed E-state index contributed by atoms with van der Waals surface area (Å²) in [5.74, 6) is 0.401. The Balaban J connectivity index is 1.46. The van der Waals surface area contributed by atoms with Crippen LogP contribution in [0.5, 0.6) is 0 Å². The van der Waals surface area contributed by atoms with Gasteiger partial charge in [0, 0.05) is 23.3 Å². The van der Waals surface area contributed by atoms with Crippen LogP contribution in [-0.4, -0.2) is 34.6 Å². The maximum Gasteiger partial charge on any atom is 0.234 e. The van der Waals surface area contributed by atoms with Crippen molar-refractivity contribution in [3.8, 4) is 0 Å². The molecule has 23 heavy (non-hydrogen) atoms. The van der Waals surface area contributed by atoms with E-state index < -0.39 is 0 Å². The normalized spacial score (nSPS) is 15.0. The first-order valence-electron chi connectivity index (χ1n) is 7.85. The lowest BCUT2D eigenvalue weighted by atomic mass is 10.2. The molecule has 2 aromatic rings. The first-order chi connectivity index (χ1) is 11.2. The average Bonchev–Trinajstić information content (AvgIpc) is 3.19. The van der Waals surface area contributed by atoms with E-state index in [2.05, 4.69) is 27.3 Å². The molecule has 1 aliphatic rings. The number of benzene rings is 1. The summed E-state index contributed by atoms with van der Waals surface area (Å²) in [6, 6.07) is 8.18. The third-order valence-electron chi connectivity index (χ3n) is 3.77. The van der Waals surface area contributed by atoms with Crippen LogP contribution in [0.15, 0.2) is 34.0 Å². The Labute approximate surface area is 145 Å². The number of amides is 1. The highest BCUT2D eigenvalue weighted by Crippen LogP contribution is 2.22. The fourth-order valence-electron chi connectivity index (χ4n) is 2.62. The monoisotopic (exact) mass is 347 g/mol. The Morgan fingerprint density at radius 2 is 2.04 bits per heavy atom. The average molecular weight is 348 g/mol. The smallest absolute Gasteiger partial charge is 0.234 e. The van der Waals surface area contributed by atoms with Gasteiger partial charge < -0.3 is 5.32 Å². The molecule has 1 fully saturated rings. The van der Waals surface area contributed by atoms with Crippen LogP contribution >= 0.6 is 23.1 Å². The summed E-state index contributed by atoms with van der Waals surface area (Å²) < 4.78 is 0.943. The standard InChI is InChI=1S/C17H21N3OS2/c1-13-11-22-17(18-13)23-12-16(21)19-15-6-4-14(5-7-15)10-20-8-2-3-9-20/h4-7,11H,2-3,8-10,12H2,1H3,(H,19,21). The Kier molecular flexibility index (Phi) is 5.70. The van der Waals surface area contributed by atoms with Gasteiger partial charge in [0.1, 0.15) is 0 Å². The molecule has 122 valence electrons. The van der Waals surface area contributed by atoms with Gasteiger partial charge in [-0.05, 0) is 50.6 Å². The van der Waals surface area contributed by atoms with Gasteiger partial charge in [0.15, 0.2) is 4.34 Å². The van der Waals surface area contributed by atoms with Gasteiger partial charge in [-0.15, -0.1) is 11.3 Å². The van der Waals surface area contributed by atoms with E-state index in [-0.39, 0.29) is 5.91 Å². The number of thiazole rings is 1. The van der Waals surface area contributed by atoms with Gasteiger partial charge in [-0.1, -0.05) is 23.9 Å². The van der Waals surface area contributed by atoms with Gasteiger partial charge in [-0.25, -0.2) is 4.98 Å². The Hall–Kier alpha value is -1.37. The number of nitrogens with one attached hydrogen (secondary N) is 1. The Bertz CT molecular complexity index is 648.